The molecule has 1 rings (SSSR count). The molecule has 0 aliphatic carbocycles. The minimum Gasteiger partial charge on any atom is -0.496 e. The Kier molecular flexibility index (Phi) is 7.76. The Labute approximate surface area is 129 Å². The van der Waals surface area contributed by atoms with Crippen LogP contribution in [-0.4, -0.2) is 24.8 Å². The molecule has 0 aromatic heterocycles. The zero-order valence-corrected chi connectivity index (χ0v) is 14.1. The normalized spacial score (nSPS) is 14.2. The van der Waals surface area contributed by atoms with Gasteiger partial charge in [0.1, 0.15) is 5.75 Å². The number of hydrogen-bond donors (Lipinski definition) is 2. The van der Waals surface area contributed by atoms with Gasteiger partial charge >= 0.3 is 0 Å². The molecule has 1 aromatic rings. The number of aryl methyl sites for hydroxylation is 1. The minimum atomic E-state index is -0.535. The molecule has 2 N–H and O–H groups in total. The highest BCUT2D eigenvalue weighted by Crippen LogP contribution is 2.26. The van der Waals surface area contributed by atoms with Crippen LogP contribution in [0.1, 0.15) is 57.3 Å². The van der Waals surface area contributed by atoms with Crippen molar-refractivity contribution in [3.8, 4) is 5.75 Å². The van der Waals surface area contributed by atoms with Crippen molar-refractivity contribution in [3.05, 3.63) is 29.3 Å². The molecule has 2 atom stereocenters. The third-order valence-corrected chi connectivity index (χ3v) is 3.82. The summed E-state index contributed by atoms with van der Waals surface area (Å²) in [6, 6.07) is 6.33. The van der Waals surface area contributed by atoms with Crippen molar-refractivity contribution < 1.29 is 9.84 Å². The predicted octanol–water partition coefficient (Wildman–Crippen LogP) is 3.84. The first kappa shape index (κ1) is 18.0. The van der Waals surface area contributed by atoms with Gasteiger partial charge in [0, 0.05) is 18.2 Å². The van der Waals surface area contributed by atoms with Crippen molar-refractivity contribution in [2.45, 2.75) is 59.1 Å². The van der Waals surface area contributed by atoms with E-state index < -0.39 is 6.10 Å². The fourth-order valence-corrected chi connectivity index (χ4v) is 2.47. The Morgan fingerprint density at radius 2 is 1.90 bits per heavy atom. The van der Waals surface area contributed by atoms with Crippen LogP contribution in [-0.2, 0) is 0 Å². The molecule has 0 spiro atoms. The van der Waals surface area contributed by atoms with E-state index in [-0.39, 0.29) is 0 Å². The zero-order valence-electron chi connectivity index (χ0n) is 14.1. The summed E-state index contributed by atoms with van der Waals surface area (Å²) in [4.78, 5) is 0. The van der Waals surface area contributed by atoms with Gasteiger partial charge in [-0.1, -0.05) is 38.3 Å². The van der Waals surface area contributed by atoms with E-state index in [1.54, 1.807) is 7.11 Å². The van der Waals surface area contributed by atoms with Gasteiger partial charge in [0.25, 0.3) is 0 Å². The first-order chi connectivity index (χ1) is 9.93. The quantitative estimate of drug-likeness (QED) is 0.727. The lowest BCUT2D eigenvalue weighted by molar-refractivity contribution is 0.165. The molecule has 21 heavy (non-hydrogen) atoms. The van der Waals surface area contributed by atoms with Crippen LogP contribution in [0.5, 0.6) is 5.75 Å². The maximum atomic E-state index is 10.4. The Bertz CT molecular complexity index is 418. The van der Waals surface area contributed by atoms with Crippen LogP contribution in [0.25, 0.3) is 0 Å². The number of nitrogens with one attached hydrogen (secondary N) is 1. The second-order valence-electron chi connectivity index (χ2n) is 6.40. The number of methoxy groups -OCH3 is 1. The van der Waals surface area contributed by atoms with Gasteiger partial charge in [-0.2, -0.15) is 0 Å². The van der Waals surface area contributed by atoms with Gasteiger partial charge in [-0.05, 0) is 38.3 Å². The standard InChI is InChI=1S/C18H31NO2/c1-13(2)7-6-8-15(4)19-12-17(20)16-11-14(3)9-10-18(16)21-5/h9-11,13,15,17,19-20H,6-8,12H2,1-5H3. The molecular weight excluding hydrogens is 262 g/mol. The first-order valence-corrected chi connectivity index (χ1v) is 8.00. The molecule has 120 valence electrons. The summed E-state index contributed by atoms with van der Waals surface area (Å²) < 4.78 is 5.33. The molecule has 0 saturated heterocycles. The van der Waals surface area contributed by atoms with E-state index in [1.807, 2.05) is 25.1 Å². The average molecular weight is 293 g/mol. The van der Waals surface area contributed by atoms with Gasteiger partial charge < -0.3 is 15.2 Å². The fourth-order valence-electron chi connectivity index (χ4n) is 2.47. The zero-order chi connectivity index (χ0) is 15.8. The van der Waals surface area contributed by atoms with Gasteiger partial charge in [-0.15, -0.1) is 0 Å². The van der Waals surface area contributed by atoms with E-state index in [4.69, 9.17) is 4.74 Å². The molecule has 0 fully saturated rings. The highest BCUT2D eigenvalue weighted by atomic mass is 16.5. The number of aliphatic hydroxyl groups excluding tert-OH is 1. The van der Waals surface area contributed by atoms with Gasteiger partial charge in [-0.3, -0.25) is 0 Å². The highest BCUT2D eigenvalue weighted by molar-refractivity contribution is 5.38. The monoisotopic (exact) mass is 293 g/mol. The van der Waals surface area contributed by atoms with Crippen LogP contribution < -0.4 is 10.1 Å². The molecule has 0 amide bonds. The SMILES string of the molecule is COc1ccc(C)cc1C(O)CNC(C)CCCC(C)C. The van der Waals surface area contributed by atoms with E-state index in [9.17, 15) is 5.11 Å². The van der Waals surface area contributed by atoms with Crippen molar-refractivity contribution in [1.82, 2.24) is 5.32 Å². The molecule has 1 aromatic carbocycles. The maximum Gasteiger partial charge on any atom is 0.124 e. The molecule has 0 aliphatic rings. The Balaban J connectivity index is 2.46. The largest absolute Gasteiger partial charge is 0.496 e. The summed E-state index contributed by atoms with van der Waals surface area (Å²) in [7, 11) is 1.64. The van der Waals surface area contributed by atoms with E-state index in [0.717, 1.165) is 29.2 Å². The third-order valence-electron chi connectivity index (χ3n) is 3.82. The lowest BCUT2D eigenvalue weighted by atomic mass is 10.0. The molecule has 0 heterocycles. The number of rotatable bonds is 9. The van der Waals surface area contributed by atoms with Crippen molar-refractivity contribution in [1.29, 1.82) is 0 Å². The molecule has 2 unspecified atom stereocenters. The summed E-state index contributed by atoms with van der Waals surface area (Å²) in [5, 5.41) is 13.8. The molecule has 3 nitrogen and oxygen atoms in total. The van der Waals surface area contributed by atoms with Gasteiger partial charge in [0.15, 0.2) is 0 Å². The van der Waals surface area contributed by atoms with Crippen LogP contribution >= 0.6 is 0 Å². The Morgan fingerprint density at radius 3 is 2.52 bits per heavy atom. The molecule has 0 aliphatic heterocycles. The minimum absolute atomic E-state index is 0.425. The number of ether oxygens (including phenoxy) is 1. The molecular formula is C18H31NO2. The first-order valence-electron chi connectivity index (χ1n) is 8.00. The van der Waals surface area contributed by atoms with E-state index in [1.165, 1.54) is 12.8 Å². The maximum absolute atomic E-state index is 10.4. The second kappa shape index (κ2) is 9.06. The number of hydrogen-bond acceptors (Lipinski definition) is 3. The van der Waals surface area contributed by atoms with E-state index in [0.29, 0.717) is 12.6 Å². The summed E-state index contributed by atoms with van der Waals surface area (Å²) in [5.74, 6) is 1.52. The van der Waals surface area contributed by atoms with E-state index in [2.05, 4.69) is 26.1 Å². The summed E-state index contributed by atoms with van der Waals surface area (Å²) in [5.41, 5.74) is 1.99. The van der Waals surface area contributed by atoms with Gasteiger partial charge in [-0.25, -0.2) is 0 Å². The van der Waals surface area contributed by atoms with Crippen molar-refractivity contribution in [2.24, 2.45) is 5.92 Å². The molecule has 0 bridgehead atoms. The fraction of sp³-hybridized carbons (Fsp3) is 0.667. The Morgan fingerprint density at radius 1 is 1.19 bits per heavy atom. The van der Waals surface area contributed by atoms with Crippen LogP contribution in [0.3, 0.4) is 0 Å². The Hall–Kier alpha value is -1.06. The third kappa shape index (κ3) is 6.49. The number of benzene rings is 1. The lowest BCUT2D eigenvalue weighted by Crippen LogP contribution is -2.30. The molecule has 0 saturated carbocycles. The van der Waals surface area contributed by atoms with Gasteiger partial charge in [0.2, 0.25) is 0 Å². The van der Waals surface area contributed by atoms with Crippen molar-refractivity contribution in [3.63, 3.8) is 0 Å². The predicted molar refractivity (Wildman–Crippen MR) is 88.8 cm³/mol. The van der Waals surface area contributed by atoms with Crippen LogP contribution in [0.4, 0.5) is 0 Å². The van der Waals surface area contributed by atoms with Crippen LogP contribution in [0.2, 0.25) is 0 Å². The summed E-state index contributed by atoms with van der Waals surface area (Å²) in [6.07, 6.45) is 3.11. The average Bonchev–Trinajstić information content (AvgIpc) is 2.44. The smallest absolute Gasteiger partial charge is 0.124 e. The van der Waals surface area contributed by atoms with Crippen LogP contribution in [0, 0.1) is 12.8 Å². The second-order valence-corrected chi connectivity index (χ2v) is 6.40. The van der Waals surface area contributed by atoms with Crippen molar-refractivity contribution >= 4 is 0 Å². The highest BCUT2D eigenvalue weighted by Gasteiger charge is 2.14. The van der Waals surface area contributed by atoms with Crippen molar-refractivity contribution in [2.75, 3.05) is 13.7 Å². The molecule has 0 radical (unpaired) electrons. The van der Waals surface area contributed by atoms with Gasteiger partial charge in [0.05, 0.1) is 13.2 Å². The molecule has 3 heteroatoms. The summed E-state index contributed by atoms with van der Waals surface area (Å²) >= 11 is 0. The van der Waals surface area contributed by atoms with Crippen LogP contribution in [0.15, 0.2) is 18.2 Å². The number of aliphatic hydroxyl groups is 1. The lowest BCUT2D eigenvalue weighted by Gasteiger charge is -2.19. The summed E-state index contributed by atoms with van der Waals surface area (Å²) in [6.45, 7) is 9.28. The van der Waals surface area contributed by atoms with E-state index >= 15 is 0 Å². The topological polar surface area (TPSA) is 41.5 Å².